The Morgan fingerprint density at radius 2 is 1.73 bits per heavy atom. The zero-order chi connectivity index (χ0) is 16.5. The first-order chi connectivity index (χ1) is 10.1. The van der Waals surface area contributed by atoms with Crippen LogP contribution in [0.5, 0.6) is 0 Å². The van der Waals surface area contributed by atoms with Crippen LogP contribution in [-0.4, -0.2) is 64.8 Å². The fraction of sp³-hybridized carbons (Fsp3) is 0.417. The molecule has 0 unspecified atom stereocenters. The third-order valence-electron chi connectivity index (χ3n) is 3.18. The molecule has 0 atom stereocenters. The number of carbonyl (C=O) groups is 1. The number of carboxylic acids is 1. The molecule has 2 rings (SSSR count). The van der Waals surface area contributed by atoms with Crippen LogP contribution in [0.1, 0.15) is 10.4 Å². The molecule has 1 saturated heterocycles. The van der Waals surface area contributed by atoms with E-state index in [1.807, 2.05) is 0 Å². The van der Waals surface area contributed by atoms with Crippen LogP contribution in [0.4, 0.5) is 0 Å². The van der Waals surface area contributed by atoms with Crippen LogP contribution < -0.4 is 0 Å². The van der Waals surface area contributed by atoms with Gasteiger partial charge in [-0.1, -0.05) is 0 Å². The number of hydrogen-bond donors (Lipinski definition) is 1. The Hall–Kier alpha value is -1.49. The smallest absolute Gasteiger partial charge is 0.335 e. The summed E-state index contributed by atoms with van der Waals surface area (Å²) in [6.07, 6.45) is 0.876. The van der Waals surface area contributed by atoms with E-state index in [0.29, 0.717) is 0 Å². The molecule has 0 spiro atoms. The van der Waals surface area contributed by atoms with E-state index in [-0.39, 0.29) is 31.9 Å². The van der Waals surface area contributed by atoms with E-state index in [9.17, 15) is 21.6 Å². The Morgan fingerprint density at radius 1 is 1.14 bits per heavy atom. The van der Waals surface area contributed by atoms with E-state index in [1.165, 1.54) is 0 Å². The highest BCUT2D eigenvalue weighted by Gasteiger charge is 2.32. The van der Waals surface area contributed by atoms with Gasteiger partial charge in [-0.15, -0.1) is 0 Å². The van der Waals surface area contributed by atoms with Gasteiger partial charge in [-0.3, -0.25) is 0 Å². The zero-order valence-corrected chi connectivity index (χ0v) is 13.4. The highest BCUT2D eigenvalue weighted by Crippen LogP contribution is 2.26. The maximum absolute atomic E-state index is 12.6. The molecule has 0 bridgehead atoms. The van der Waals surface area contributed by atoms with Crippen molar-refractivity contribution in [2.24, 2.45) is 0 Å². The molecule has 0 aromatic heterocycles. The Labute approximate surface area is 128 Å². The fourth-order valence-electron chi connectivity index (χ4n) is 2.08. The lowest BCUT2D eigenvalue weighted by atomic mass is 10.2. The first kappa shape index (κ1) is 16.9. The number of carboxylic acid groups (broad SMARTS) is 1. The molecule has 1 aromatic carbocycles. The van der Waals surface area contributed by atoms with Gasteiger partial charge in [-0.25, -0.2) is 21.6 Å². The van der Waals surface area contributed by atoms with Crippen LogP contribution in [0.2, 0.25) is 0 Å². The molecule has 0 amide bonds. The number of sulfone groups is 1. The fourth-order valence-corrected chi connectivity index (χ4v) is 5.09. The quantitative estimate of drug-likeness (QED) is 0.800. The number of nitrogens with zero attached hydrogens (tertiary/aromatic N) is 1. The minimum Gasteiger partial charge on any atom is -0.478 e. The molecule has 1 aliphatic heterocycles. The van der Waals surface area contributed by atoms with E-state index in [0.717, 1.165) is 28.8 Å². The van der Waals surface area contributed by atoms with Crippen molar-refractivity contribution in [3.05, 3.63) is 23.8 Å². The Bertz CT molecular complexity index is 793. The first-order valence-electron chi connectivity index (χ1n) is 6.29. The number of morpholine rings is 1. The molecule has 122 valence electrons. The van der Waals surface area contributed by atoms with E-state index in [2.05, 4.69) is 0 Å². The molecule has 10 heteroatoms. The molecule has 8 nitrogen and oxygen atoms in total. The monoisotopic (exact) mass is 349 g/mol. The maximum Gasteiger partial charge on any atom is 0.335 e. The zero-order valence-electron chi connectivity index (χ0n) is 11.7. The van der Waals surface area contributed by atoms with E-state index in [1.54, 1.807) is 0 Å². The van der Waals surface area contributed by atoms with Crippen molar-refractivity contribution in [1.29, 1.82) is 0 Å². The van der Waals surface area contributed by atoms with Gasteiger partial charge < -0.3 is 9.84 Å². The average molecular weight is 349 g/mol. The summed E-state index contributed by atoms with van der Waals surface area (Å²) in [6, 6.07) is 2.95. The third kappa shape index (κ3) is 3.29. The third-order valence-corrected chi connectivity index (χ3v) is 6.40. The summed E-state index contributed by atoms with van der Waals surface area (Å²) in [5.41, 5.74) is -0.292. The van der Waals surface area contributed by atoms with Gasteiger partial charge in [0.15, 0.2) is 9.84 Å². The first-order valence-corrected chi connectivity index (χ1v) is 9.62. The molecule has 0 radical (unpaired) electrons. The molecule has 22 heavy (non-hydrogen) atoms. The second kappa shape index (κ2) is 5.95. The van der Waals surface area contributed by atoms with E-state index >= 15 is 0 Å². The molecule has 1 N–H and O–H groups in total. The number of hydrogen-bond acceptors (Lipinski definition) is 6. The van der Waals surface area contributed by atoms with Gasteiger partial charge in [0.25, 0.3) is 0 Å². The predicted octanol–water partition coefficient (Wildman–Crippen LogP) is -0.191. The molecular weight excluding hydrogens is 334 g/mol. The van der Waals surface area contributed by atoms with Crippen LogP contribution in [0.15, 0.2) is 28.0 Å². The summed E-state index contributed by atoms with van der Waals surface area (Å²) in [4.78, 5) is 10.1. The van der Waals surface area contributed by atoms with Gasteiger partial charge in [0.2, 0.25) is 10.0 Å². The number of benzene rings is 1. The summed E-state index contributed by atoms with van der Waals surface area (Å²) in [5, 5.41) is 9.00. The van der Waals surface area contributed by atoms with E-state index < -0.39 is 35.6 Å². The lowest BCUT2D eigenvalue weighted by Gasteiger charge is -2.26. The minimum atomic E-state index is -4.12. The van der Waals surface area contributed by atoms with Crippen molar-refractivity contribution < 1.29 is 31.5 Å². The summed E-state index contributed by atoms with van der Waals surface area (Å²) in [6.45, 7) is 0.573. The van der Waals surface area contributed by atoms with Crippen LogP contribution in [0.25, 0.3) is 0 Å². The van der Waals surface area contributed by atoms with Gasteiger partial charge in [-0.2, -0.15) is 4.31 Å². The van der Waals surface area contributed by atoms with Crippen LogP contribution in [0.3, 0.4) is 0 Å². The van der Waals surface area contributed by atoms with Gasteiger partial charge in [0.1, 0.15) is 4.90 Å². The molecule has 0 aliphatic carbocycles. The van der Waals surface area contributed by atoms with Crippen molar-refractivity contribution >= 4 is 25.8 Å². The Balaban J connectivity index is 2.65. The number of ether oxygens (including phenoxy) is 1. The van der Waals surface area contributed by atoms with Crippen molar-refractivity contribution in [3.63, 3.8) is 0 Å². The van der Waals surface area contributed by atoms with Gasteiger partial charge in [0.05, 0.1) is 23.7 Å². The summed E-state index contributed by atoms with van der Waals surface area (Å²) >= 11 is 0. The standard InChI is InChI=1S/C12H15NO7S2/c1-21(16,17)10-3-2-9(12(14)15)8-11(10)22(18,19)13-4-6-20-7-5-13/h2-3,8H,4-7H2,1H3,(H,14,15). The lowest BCUT2D eigenvalue weighted by Crippen LogP contribution is -2.41. The predicted molar refractivity (Wildman–Crippen MR) is 76.1 cm³/mol. The molecular formula is C12H15NO7S2. The van der Waals surface area contributed by atoms with Gasteiger partial charge >= 0.3 is 5.97 Å². The van der Waals surface area contributed by atoms with E-state index in [4.69, 9.17) is 9.84 Å². The normalized spacial score (nSPS) is 17.3. The van der Waals surface area contributed by atoms with Gasteiger partial charge in [-0.05, 0) is 18.2 Å². The second-order valence-electron chi connectivity index (χ2n) is 4.76. The van der Waals surface area contributed by atoms with Crippen LogP contribution >= 0.6 is 0 Å². The van der Waals surface area contributed by atoms with Crippen LogP contribution in [-0.2, 0) is 24.6 Å². The number of aromatic carboxylic acids is 1. The summed E-state index contributed by atoms with van der Waals surface area (Å²) < 4.78 is 55.1. The minimum absolute atomic E-state index is 0.0861. The topological polar surface area (TPSA) is 118 Å². The SMILES string of the molecule is CS(=O)(=O)c1ccc(C(=O)O)cc1S(=O)(=O)N1CCOCC1. The van der Waals surface area contributed by atoms with Crippen molar-refractivity contribution in [1.82, 2.24) is 4.31 Å². The Morgan fingerprint density at radius 3 is 2.23 bits per heavy atom. The molecule has 1 aliphatic rings. The maximum atomic E-state index is 12.6. The Kier molecular flexibility index (Phi) is 4.57. The highest BCUT2D eigenvalue weighted by atomic mass is 32.2. The van der Waals surface area contributed by atoms with Crippen molar-refractivity contribution in [2.75, 3.05) is 32.6 Å². The largest absolute Gasteiger partial charge is 0.478 e. The van der Waals surface area contributed by atoms with Crippen molar-refractivity contribution in [2.45, 2.75) is 9.79 Å². The van der Waals surface area contributed by atoms with Crippen molar-refractivity contribution in [3.8, 4) is 0 Å². The molecule has 1 fully saturated rings. The number of sulfonamides is 1. The summed E-state index contributed by atoms with van der Waals surface area (Å²) in [7, 11) is -7.95. The molecule has 0 saturated carbocycles. The second-order valence-corrected chi connectivity index (χ2v) is 8.65. The lowest BCUT2D eigenvalue weighted by molar-refractivity contribution is 0.0695. The molecule has 1 aromatic rings. The number of rotatable bonds is 4. The molecule has 1 heterocycles. The average Bonchev–Trinajstić information content (AvgIpc) is 2.46. The van der Waals surface area contributed by atoms with Gasteiger partial charge in [0, 0.05) is 19.3 Å². The van der Waals surface area contributed by atoms with Crippen LogP contribution in [0, 0.1) is 0 Å². The highest BCUT2D eigenvalue weighted by molar-refractivity contribution is 7.93. The summed E-state index contributed by atoms with van der Waals surface area (Å²) in [5.74, 6) is -1.33.